The lowest BCUT2D eigenvalue weighted by Gasteiger charge is -2.07. The third-order valence-corrected chi connectivity index (χ3v) is 3.13. The minimum absolute atomic E-state index is 0.171. The van der Waals surface area contributed by atoms with Gasteiger partial charge in [-0.1, -0.05) is 41.9 Å². The molecule has 0 atom stereocenters. The Bertz CT molecular complexity index is 727. The number of allylic oxidation sites excluding steroid dienone is 3. The van der Waals surface area contributed by atoms with Crippen molar-refractivity contribution in [3.8, 4) is 0 Å². The van der Waals surface area contributed by atoms with Gasteiger partial charge in [0.15, 0.2) is 5.83 Å². The zero-order valence-corrected chi connectivity index (χ0v) is 13.3. The van der Waals surface area contributed by atoms with Crippen LogP contribution in [0.3, 0.4) is 0 Å². The Balaban J connectivity index is 2.14. The molecule has 0 fully saturated rings. The highest BCUT2D eigenvalue weighted by atomic mass is 35.5. The van der Waals surface area contributed by atoms with E-state index in [1.54, 1.807) is 6.92 Å². The molecule has 0 unspecified atom stereocenters. The molecule has 118 valence electrons. The minimum atomic E-state index is -0.634. The maximum Gasteiger partial charge on any atom is 0.250 e. The number of hydrogen-bond donors (Lipinski definition) is 0. The number of halogens is 2. The molecular weight excluding hydrogens is 317 g/mol. The van der Waals surface area contributed by atoms with Crippen LogP contribution in [-0.2, 0) is 11.3 Å². The average Bonchev–Trinajstić information content (AvgIpc) is 2.57. The topological polar surface area (TPSA) is 47.4 Å². The van der Waals surface area contributed by atoms with Crippen LogP contribution >= 0.6 is 11.6 Å². The highest BCUT2D eigenvalue weighted by molar-refractivity contribution is 6.29. The zero-order chi connectivity index (χ0) is 16.7. The second kappa shape index (κ2) is 8.19. The fraction of sp³-hybridized carbons (Fsp3) is 0.118. The van der Waals surface area contributed by atoms with Gasteiger partial charge in [-0.15, -0.1) is 0 Å². The first-order valence-corrected chi connectivity index (χ1v) is 7.17. The van der Waals surface area contributed by atoms with Gasteiger partial charge in [-0.05, 0) is 30.9 Å². The Hall–Kier alpha value is -2.53. The van der Waals surface area contributed by atoms with Crippen molar-refractivity contribution in [2.24, 2.45) is 4.99 Å². The van der Waals surface area contributed by atoms with E-state index in [0.717, 1.165) is 5.56 Å². The smallest absolute Gasteiger partial charge is 0.250 e. The summed E-state index contributed by atoms with van der Waals surface area (Å²) in [5, 5.41) is 0.275. The van der Waals surface area contributed by atoms with E-state index in [4.69, 9.17) is 16.3 Å². The molecule has 2 aromatic rings. The van der Waals surface area contributed by atoms with E-state index in [9.17, 15) is 4.39 Å². The summed E-state index contributed by atoms with van der Waals surface area (Å²) in [6, 6.07) is 9.41. The third-order valence-electron chi connectivity index (χ3n) is 2.93. The van der Waals surface area contributed by atoms with Crippen LogP contribution in [0, 0.1) is 0 Å². The average molecular weight is 332 g/mol. The monoisotopic (exact) mass is 331 g/mol. The number of aliphatic imine (C=N–C) groups is 1. The van der Waals surface area contributed by atoms with Crippen molar-refractivity contribution in [2.45, 2.75) is 13.5 Å². The predicted octanol–water partition coefficient (Wildman–Crippen LogP) is 4.59. The number of rotatable bonds is 6. The summed E-state index contributed by atoms with van der Waals surface area (Å²) >= 11 is 5.67. The Labute approximate surface area is 139 Å². The van der Waals surface area contributed by atoms with Crippen LogP contribution in [0.4, 0.5) is 4.39 Å². The molecule has 0 aliphatic carbocycles. The highest BCUT2D eigenvalue weighted by Crippen LogP contribution is 2.19. The molecule has 0 aliphatic heterocycles. The molecule has 0 N–H and O–H groups in total. The van der Waals surface area contributed by atoms with Crippen molar-refractivity contribution in [3.63, 3.8) is 0 Å². The Morgan fingerprint density at radius 1 is 1.30 bits per heavy atom. The molecule has 0 bridgehead atoms. The summed E-state index contributed by atoms with van der Waals surface area (Å²) in [6.07, 6.45) is 4.13. The minimum Gasteiger partial charge on any atom is -0.471 e. The number of aromatic nitrogens is 2. The van der Waals surface area contributed by atoms with Crippen molar-refractivity contribution in [1.82, 2.24) is 9.97 Å². The molecule has 6 heteroatoms. The zero-order valence-electron chi connectivity index (χ0n) is 12.5. The summed E-state index contributed by atoms with van der Waals surface area (Å²) in [5.74, 6) is -0.805. The van der Waals surface area contributed by atoms with Gasteiger partial charge in [0.25, 0.3) is 0 Å². The van der Waals surface area contributed by atoms with E-state index in [2.05, 4.69) is 21.7 Å². The lowest BCUT2D eigenvalue weighted by Crippen LogP contribution is -1.94. The first kappa shape index (κ1) is 16.8. The summed E-state index contributed by atoms with van der Waals surface area (Å²) in [6.45, 7) is 5.25. The van der Waals surface area contributed by atoms with Gasteiger partial charge in [0.2, 0.25) is 5.88 Å². The van der Waals surface area contributed by atoms with E-state index in [-0.39, 0.29) is 17.6 Å². The lowest BCUT2D eigenvalue weighted by atomic mass is 10.2. The van der Waals surface area contributed by atoms with Crippen molar-refractivity contribution >= 4 is 23.9 Å². The molecule has 2 rings (SSSR count). The third kappa shape index (κ3) is 5.00. The summed E-state index contributed by atoms with van der Waals surface area (Å²) in [5.41, 5.74) is 1.98. The molecule has 0 saturated heterocycles. The molecule has 0 radical (unpaired) electrons. The maximum atomic E-state index is 14.3. The Morgan fingerprint density at radius 3 is 2.65 bits per heavy atom. The first-order valence-electron chi connectivity index (χ1n) is 6.79. The SMILES string of the molecule is C=N/C(OCc1ccccc1)=C(F)\C=C(/C)c1cnc(Cl)cn1. The standard InChI is InChI=1S/C17H15ClFN3O/c1-12(15-9-22-16(18)10-21-15)8-14(19)17(20-2)23-11-13-6-4-3-5-7-13/h3-10H,2,11H2,1H3/b12-8+,17-14-. The first-order chi connectivity index (χ1) is 11.1. The van der Waals surface area contributed by atoms with Crippen molar-refractivity contribution in [1.29, 1.82) is 0 Å². The van der Waals surface area contributed by atoms with E-state index in [1.165, 1.54) is 18.5 Å². The second-order valence-electron chi connectivity index (χ2n) is 4.64. The van der Waals surface area contributed by atoms with Crippen LogP contribution in [0.2, 0.25) is 5.15 Å². The highest BCUT2D eigenvalue weighted by Gasteiger charge is 2.07. The van der Waals surface area contributed by atoms with Crippen LogP contribution in [0.1, 0.15) is 18.2 Å². The fourth-order valence-electron chi connectivity index (χ4n) is 1.76. The van der Waals surface area contributed by atoms with Gasteiger partial charge in [-0.25, -0.2) is 14.4 Å². The summed E-state index contributed by atoms with van der Waals surface area (Å²) in [7, 11) is 0. The van der Waals surface area contributed by atoms with Gasteiger partial charge in [0.05, 0.1) is 18.1 Å². The van der Waals surface area contributed by atoms with Gasteiger partial charge in [-0.3, -0.25) is 4.98 Å². The molecule has 1 heterocycles. The van der Waals surface area contributed by atoms with Crippen molar-refractivity contribution < 1.29 is 9.13 Å². The molecule has 4 nitrogen and oxygen atoms in total. The fourth-order valence-corrected chi connectivity index (χ4v) is 1.86. The number of benzene rings is 1. The predicted molar refractivity (Wildman–Crippen MR) is 89.6 cm³/mol. The number of nitrogens with zero attached hydrogens (tertiary/aromatic N) is 3. The molecule has 23 heavy (non-hydrogen) atoms. The van der Waals surface area contributed by atoms with Gasteiger partial charge in [-0.2, -0.15) is 0 Å². The molecule has 0 spiro atoms. The van der Waals surface area contributed by atoms with E-state index < -0.39 is 5.83 Å². The second-order valence-corrected chi connectivity index (χ2v) is 5.02. The van der Waals surface area contributed by atoms with E-state index >= 15 is 0 Å². The molecule has 0 aliphatic rings. The number of ether oxygens (including phenoxy) is 1. The molecular formula is C17H15ClFN3O. The molecule has 1 aromatic carbocycles. The Morgan fingerprint density at radius 2 is 2.04 bits per heavy atom. The lowest BCUT2D eigenvalue weighted by molar-refractivity contribution is 0.188. The summed E-state index contributed by atoms with van der Waals surface area (Å²) in [4.78, 5) is 11.6. The van der Waals surface area contributed by atoms with Crippen LogP contribution in [0.25, 0.3) is 5.57 Å². The Kier molecular flexibility index (Phi) is 6.00. The normalized spacial score (nSPS) is 12.6. The van der Waals surface area contributed by atoms with Crippen LogP contribution in [0.15, 0.2) is 65.5 Å². The summed E-state index contributed by atoms with van der Waals surface area (Å²) < 4.78 is 19.6. The van der Waals surface area contributed by atoms with Gasteiger partial charge < -0.3 is 4.74 Å². The van der Waals surface area contributed by atoms with Gasteiger partial charge in [0.1, 0.15) is 11.8 Å². The van der Waals surface area contributed by atoms with Crippen molar-refractivity contribution in [2.75, 3.05) is 0 Å². The van der Waals surface area contributed by atoms with Gasteiger partial charge >= 0.3 is 0 Å². The number of hydrogen-bond acceptors (Lipinski definition) is 4. The van der Waals surface area contributed by atoms with E-state index in [1.807, 2.05) is 30.3 Å². The van der Waals surface area contributed by atoms with Crippen LogP contribution in [0.5, 0.6) is 0 Å². The molecule has 0 amide bonds. The van der Waals surface area contributed by atoms with Crippen LogP contribution in [-0.4, -0.2) is 16.7 Å². The molecule has 1 aromatic heterocycles. The van der Waals surface area contributed by atoms with E-state index in [0.29, 0.717) is 11.3 Å². The van der Waals surface area contributed by atoms with Gasteiger partial charge in [0, 0.05) is 0 Å². The van der Waals surface area contributed by atoms with Crippen molar-refractivity contribution in [3.05, 3.63) is 76.9 Å². The van der Waals surface area contributed by atoms with Crippen LogP contribution < -0.4 is 0 Å². The maximum absolute atomic E-state index is 14.3. The quantitative estimate of drug-likeness (QED) is 0.442. The molecule has 0 saturated carbocycles. The largest absolute Gasteiger partial charge is 0.471 e.